The average Bonchev–Trinajstić information content (AvgIpc) is 2.91. The Kier molecular flexibility index (Phi) is 6.78. The fourth-order valence-electron chi connectivity index (χ4n) is 2.71. The number of rotatable bonds is 7. The van der Waals surface area contributed by atoms with E-state index in [2.05, 4.69) is 5.32 Å². The molecule has 24 heavy (non-hydrogen) atoms. The minimum Gasteiger partial charge on any atom is -0.466 e. The van der Waals surface area contributed by atoms with Crippen LogP contribution in [0.4, 0.5) is 5.00 Å². The third-order valence-electron chi connectivity index (χ3n) is 3.77. The van der Waals surface area contributed by atoms with Crippen LogP contribution in [0.1, 0.15) is 60.3 Å². The minimum absolute atomic E-state index is 0.0273. The molecule has 1 aliphatic carbocycles. The summed E-state index contributed by atoms with van der Waals surface area (Å²) in [5.41, 5.74) is 1.49. The zero-order chi connectivity index (χ0) is 17.5. The van der Waals surface area contributed by atoms with Crippen LogP contribution < -0.4 is 5.32 Å². The lowest BCUT2D eigenvalue weighted by atomic mass is 9.95. The van der Waals surface area contributed by atoms with Gasteiger partial charge in [-0.15, -0.1) is 11.3 Å². The molecule has 0 atom stereocenters. The molecule has 0 bridgehead atoms. The van der Waals surface area contributed by atoms with Gasteiger partial charge in [-0.1, -0.05) is 0 Å². The third kappa shape index (κ3) is 4.56. The molecule has 0 aliphatic heterocycles. The number of amides is 1. The van der Waals surface area contributed by atoms with Crippen LogP contribution in [0.5, 0.6) is 0 Å². The quantitative estimate of drug-likeness (QED) is 0.762. The van der Waals surface area contributed by atoms with E-state index in [0.29, 0.717) is 23.8 Å². The Bertz CT molecular complexity index is 623. The van der Waals surface area contributed by atoms with Gasteiger partial charge in [0.25, 0.3) is 0 Å². The number of esters is 2. The fourth-order valence-corrected chi connectivity index (χ4v) is 4.00. The van der Waals surface area contributed by atoms with Gasteiger partial charge in [0.15, 0.2) is 0 Å². The monoisotopic (exact) mass is 353 g/mol. The van der Waals surface area contributed by atoms with E-state index >= 15 is 0 Å². The molecular formula is C17H23NO5S. The van der Waals surface area contributed by atoms with Crippen LogP contribution in [0.3, 0.4) is 0 Å². The molecule has 132 valence electrons. The highest BCUT2D eigenvalue weighted by atomic mass is 32.1. The summed E-state index contributed by atoms with van der Waals surface area (Å²) in [6.07, 6.45) is 3.94. The number of thiophene rings is 1. The number of nitrogens with one attached hydrogen (secondary N) is 1. The average molecular weight is 353 g/mol. The van der Waals surface area contributed by atoms with E-state index in [-0.39, 0.29) is 18.7 Å². The predicted molar refractivity (Wildman–Crippen MR) is 91.4 cm³/mol. The second-order valence-electron chi connectivity index (χ2n) is 5.49. The molecule has 7 heteroatoms. The summed E-state index contributed by atoms with van der Waals surface area (Å²) < 4.78 is 9.96. The van der Waals surface area contributed by atoms with Crippen molar-refractivity contribution in [3.8, 4) is 0 Å². The van der Waals surface area contributed by atoms with Crippen LogP contribution in [0.25, 0.3) is 0 Å². The molecule has 1 aromatic rings. The van der Waals surface area contributed by atoms with Crippen LogP contribution in [0.2, 0.25) is 0 Å². The summed E-state index contributed by atoms with van der Waals surface area (Å²) in [4.78, 5) is 36.9. The Balaban J connectivity index is 2.11. The largest absolute Gasteiger partial charge is 0.466 e. The van der Waals surface area contributed by atoms with Crippen LogP contribution in [0, 0.1) is 0 Å². The second kappa shape index (κ2) is 8.82. The Hall–Kier alpha value is -1.89. The van der Waals surface area contributed by atoms with Gasteiger partial charge in [0.05, 0.1) is 25.2 Å². The molecule has 0 unspecified atom stereocenters. The van der Waals surface area contributed by atoms with Crippen LogP contribution >= 0.6 is 11.3 Å². The summed E-state index contributed by atoms with van der Waals surface area (Å²) >= 11 is 1.44. The van der Waals surface area contributed by atoms with Crippen molar-refractivity contribution in [1.29, 1.82) is 0 Å². The molecule has 0 aromatic carbocycles. The van der Waals surface area contributed by atoms with Gasteiger partial charge in [0, 0.05) is 11.3 Å². The van der Waals surface area contributed by atoms with Crippen molar-refractivity contribution in [3.63, 3.8) is 0 Å². The van der Waals surface area contributed by atoms with Crippen molar-refractivity contribution in [2.75, 3.05) is 18.5 Å². The highest BCUT2D eigenvalue weighted by Crippen LogP contribution is 2.38. The van der Waals surface area contributed by atoms with Crippen LogP contribution in [0.15, 0.2) is 0 Å². The molecule has 1 amide bonds. The van der Waals surface area contributed by atoms with Gasteiger partial charge in [-0.2, -0.15) is 0 Å². The Morgan fingerprint density at radius 2 is 1.75 bits per heavy atom. The Morgan fingerprint density at radius 3 is 2.46 bits per heavy atom. The van der Waals surface area contributed by atoms with Crippen molar-refractivity contribution >= 4 is 34.2 Å². The van der Waals surface area contributed by atoms with Crippen molar-refractivity contribution in [1.82, 2.24) is 0 Å². The van der Waals surface area contributed by atoms with E-state index in [1.165, 1.54) is 11.3 Å². The summed E-state index contributed by atoms with van der Waals surface area (Å²) in [5, 5.41) is 3.31. The zero-order valence-electron chi connectivity index (χ0n) is 14.1. The van der Waals surface area contributed by atoms with Gasteiger partial charge in [0.2, 0.25) is 5.91 Å². The first-order chi connectivity index (χ1) is 11.6. The van der Waals surface area contributed by atoms with Gasteiger partial charge in [-0.05, 0) is 45.1 Å². The van der Waals surface area contributed by atoms with Crippen molar-refractivity contribution in [3.05, 3.63) is 16.0 Å². The fraction of sp³-hybridized carbons (Fsp3) is 0.588. The zero-order valence-corrected chi connectivity index (χ0v) is 14.9. The molecule has 1 aromatic heterocycles. The second-order valence-corrected chi connectivity index (χ2v) is 6.59. The number of anilines is 1. The van der Waals surface area contributed by atoms with Crippen molar-refractivity contribution in [2.24, 2.45) is 0 Å². The smallest absolute Gasteiger partial charge is 0.341 e. The van der Waals surface area contributed by atoms with Gasteiger partial charge in [-0.3, -0.25) is 9.59 Å². The summed E-state index contributed by atoms with van der Waals surface area (Å²) in [6.45, 7) is 4.07. The maximum Gasteiger partial charge on any atom is 0.341 e. The first-order valence-electron chi connectivity index (χ1n) is 8.33. The number of fused-ring (bicyclic) bond motifs is 1. The first kappa shape index (κ1) is 18.4. The molecule has 0 fully saturated rings. The SMILES string of the molecule is CCOC(=O)CCC(=O)Nc1sc2c(c1C(=O)OCC)CCCC2. The number of carbonyl (C=O) groups excluding carboxylic acids is 3. The van der Waals surface area contributed by atoms with Crippen LogP contribution in [-0.4, -0.2) is 31.1 Å². The van der Waals surface area contributed by atoms with E-state index in [1.807, 2.05) is 0 Å². The Labute approximate surface area is 145 Å². The highest BCUT2D eigenvalue weighted by molar-refractivity contribution is 7.17. The van der Waals surface area contributed by atoms with Gasteiger partial charge in [-0.25, -0.2) is 4.79 Å². The lowest BCUT2D eigenvalue weighted by molar-refractivity contribution is -0.144. The van der Waals surface area contributed by atoms with Gasteiger partial charge in [0.1, 0.15) is 5.00 Å². The van der Waals surface area contributed by atoms with Crippen molar-refractivity contribution in [2.45, 2.75) is 52.4 Å². The van der Waals surface area contributed by atoms with E-state index < -0.39 is 11.9 Å². The molecule has 1 N–H and O–H groups in total. The standard InChI is InChI=1S/C17H23NO5S/c1-3-22-14(20)10-9-13(19)18-16-15(17(21)23-4-2)11-7-5-6-8-12(11)24-16/h3-10H2,1-2H3,(H,18,19). The first-order valence-corrected chi connectivity index (χ1v) is 9.15. The lowest BCUT2D eigenvalue weighted by Gasteiger charge is -2.12. The predicted octanol–water partition coefficient (Wildman–Crippen LogP) is 3.09. The van der Waals surface area contributed by atoms with E-state index in [1.54, 1.807) is 13.8 Å². The number of aryl methyl sites for hydroxylation is 1. The third-order valence-corrected chi connectivity index (χ3v) is 4.97. The van der Waals surface area contributed by atoms with E-state index in [4.69, 9.17) is 9.47 Å². The molecule has 0 saturated heterocycles. The number of hydrogen-bond donors (Lipinski definition) is 1. The minimum atomic E-state index is -0.399. The topological polar surface area (TPSA) is 81.7 Å². The molecule has 0 radical (unpaired) electrons. The maximum absolute atomic E-state index is 12.3. The normalized spacial score (nSPS) is 13.1. The molecular weight excluding hydrogens is 330 g/mol. The maximum atomic E-state index is 12.3. The summed E-state index contributed by atoms with van der Waals surface area (Å²) in [6, 6.07) is 0. The molecule has 1 aliphatic rings. The lowest BCUT2D eigenvalue weighted by Crippen LogP contribution is -2.17. The van der Waals surface area contributed by atoms with Gasteiger partial charge >= 0.3 is 11.9 Å². The molecule has 1 heterocycles. The number of hydrogen-bond acceptors (Lipinski definition) is 6. The molecule has 6 nitrogen and oxygen atoms in total. The van der Waals surface area contributed by atoms with Crippen LogP contribution in [-0.2, 0) is 31.9 Å². The van der Waals surface area contributed by atoms with Gasteiger partial charge < -0.3 is 14.8 Å². The van der Waals surface area contributed by atoms with E-state index in [0.717, 1.165) is 36.1 Å². The summed E-state index contributed by atoms with van der Waals surface area (Å²) in [7, 11) is 0. The molecule has 0 saturated carbocycles. The highest BCUT2D eigenvalue weighted by Gasteiger charge is 2.27. The number of carbonyl (C=O) groups is 3. The summed E-state index contributed by atoms with van der Waals surface area (Å²) in [5.74, 6) is -1.09. The van der Waals surface area contributed by atoms with E-state index in [9.17, 15) is 14.4 Å². The Morgan fingerprint density at radius 1 is 1.04 bits per heavy atom. The van der Waals surface area contributed by atoms with Crippen molar-refractivity contribution < 1.29 is 23.9 Å². The molecule has 2 rings (SSSR count). The molecule has 0 spiro atoms. The number of ether oxygens (including phenoxy) is 2.